The maximum atomic E-state index is 5.82. The van der Waals surface area contributed by atoms with Crippen LogP contribution in [0.1, 0.15) is 12.8 Å². The smallest absolute Gasteiger partial charge is 0.144 e. The molecule has 2 aliphatic rings. The molecular formula is C15H23N3O. The van der Waals surface area contributed by atoms with Crippen LogP contribution >= 0.6 is 0 Å². The topological polar surface area (TPSA) is 41.7 Å². The minimum Gasteiger partial charge on any atom is -0.489 e. The number of ether oxygens (including phenoxy) is 1. The highest BCUT2D eigenvalue weighted by atomic mass is 16.5. The molecule has 1 saturated heterocycles. The van der Waals surface area contributed by atoms with Crippen LogP contribution < -0.4 is 15.4 Å². The molecule has 3 rings (SSSR count). The summed E-state index contributed by atoms with van der Waals surface area (Å²) in [7, 11) is 2.21. The van der Waals surface area contributed by atoms with Gasteiger partial charge in [-0.05, 0) is 51.0 Å². The number of rotatable bonds is 2. The molecule has 1 aromatic rings. The van der Waals surface area contributed by atoms with E-state index >= 15 is 0 Å². The van der Waals surface area contributed by atoms with Gasteiger partial charge in [-0.3, -0.25) is 0 Å². The number of hydrogen-bond donors (Lipinski definition) is 1. The summed E-state index contributed by atoms with van der Waals surface area (Å²) in [4.78, 5) is 4.89. The summed E-state index contributed by atoms with van der Waals surface area (Å²) in [5.41, 5.74) is 7.81. The summed E-state index contributed by atoms with van der Waals surface area (Å²) >= 11 is 0. The van der Waals surface area contributed by atoms with Gasteiger partial charge in [-0.2, -0.15) is 0 Å². The van der Waals surface area contributed by atoms with Crippen LogP contribution in [-0.4, -0.2) is 44.7 Å². The molecule has 0 radical (unpaired) electrons. The van der Waals surface area contributed by atoms with E-state index in [-0.39, 0.29) is 0 Å². The summed E-state index contributed by atoms with van der Waals surface area (Å²) in [6.45, 7) is 5.35. The first kappa shape index (κ1) is 12.6. The van der Waals surface area contributed by atoms with Crippen LogP contribution in [0.4, 0.5) is 11.4 Å². The van der Waals surface area contributed by atoms with Crippen molar-refractivity contribution < 1.29 is 4.74 Å². The Morgan fingerprint density at radius 3 is 2.84 bits per heavy atom. The molecule has 0 unspecified atom stereocenters. The summed E-state index contributed by atoms with van der Waals surface area (Å²) < 4.78 is 5.71. The summed E-state index contributed by atoms with van der Waals surface area (Å²) in [6, 6.07) is 6.00. The molecule has 4 heteroatoms. The van der Waals surface area contributed by atoms with Crippen LogP contribution in [-0.2, 0) is 0 Å². The molecule has 0 bridgehead atoms. The van der Waals surface area contributed by atoms with Crippen molar-refractivity contribution in [3.05, 3.63) is 18.2 Å². The lowest BCUT2D eigenvalue weighted by atomic mass is 9.96. The van der Waals surface area contributed by atoms with Gasteiger partial charge >= 0.3 is 0 Å². The minimum absolute atomic E-state index is 0.767. The van der Waals surface area contributed by atoms with Gasteiger partial charge in [-0.25, -0.2) is 0 Å². The SMILES string of the molecule is CN1CCC(CN2CCOc3cc(N)ccc32)CC1. The van der Waals surface area contributed by atoms with E-state index in [0.29, 0.717) is 0 Å². The molecule has 19 heavy (non-hydrogen) atoms. The molecular weight excluding hydrogens is 238 g/mol. The number of likely N-dealkylation sites (tertiary alicyclic amines) is 1. The Balaban J connectivity index is 1.70. The van der Waals surface area contributed by atoms with Crippen LogP contribution in [0.2, 0.25) is 0 Å². The third-order valence-electron chi connectivity index (χ3n) is 4.26. The van der Waals surface area contributed by atoms with Gasteiger partial charge in [0.1, 0.15) is 12.4 Å². The standard InChI is InChI=1S/C15H23N3O/c1-17-6-4-12(5-7-17)11-18-8-9-19-15-10-13(16)2-3-14(15)18/h2-3,10,12H,4-9,11,16H2,1H3. The summed E-state index contributed by atoms with van der Waals surface area (Å²) in [6.07, 6.45) is 2.61. The van der Waals surface area contributed by atoms with Crippen LogP contribution in [0.25, 0.3) is 0 Å². The van der Waals surface area contributed by atoms with Gasteiger partial charge in [0.15, 0.2) is 0 Å². The van der Waals surface area contributed by atoms with E-state index in [4.69, 9.17) is 10.5 Å². The molecule has 104 valence electrons. The zero-order valence-electron chi connectivity index (χ0n) is 11.6. The molecule has 0 aromatic heterocycles. The van der Waals surface area contributed by atoms with Gasteiger partial charge in [0, 0.05) is 18.3 Å². The summed E-state index contributed by atoms with van der Waals surface area (Å²) in [5.74, 6) is 1.75. The maximum absolute atomic E-state index is 5.82. The Morgan fingerprint density at radius 1 is 1.26 bits per heavy atom. The molecule has 1 aromatic carbocycles. The monoisotopic (exact) mass is 261 g/mol. The Labute approximate surface area is 115 Å². The molecule has 0 amide bonds. The molecule has 1 fully saturated rings. The molecule has 0 spiro atoms. The lowest BCUT2D eigenvalue weighted by molar-refractivity contribution is 0.217. The first-order valence-corrected chi connectivity index (χ1v) is 7.18. The Kier molecular flexibility index (Phi) is 3.51. The van der Waals surface area contributed by atoms with Crippen molar-refractivity contribution >= 4 is 11.4 Å². The third-order valence-corrected chi connectivity index (χ3v) is 4.26. The quantitative estimate of drug-likeness (QED) is 0.824. The van der Waals surface area contributed by atoms with Crippen LogP contribution in [0.3, 0.4) is 0 Å². The van der Waals surface area contributed by atoms with Crippen molar-refractivity contribution in [2.45, 2.75) is 12.8 Å². The number of nitrogen functional groups attached to an aromatic ring is 1. The molecule has 4 nitrogen and oxygen atoms in total. The predicted octanol–water partition coefficient (Wildman–Crippen LogP) is 1.81. The van der Waals surface area contributed by atoms with Crippen LogP contribution in [0.15, 0.2) is 18.2 Å². The molecule has 2 heterocycles. The number of fused-ring (bicyclic) bond motifs is 1. The number of hydrogen-bond acceptors (Lipinski definition) is 4. The fraction of sp³-hybridized carbons (Fsp3) is 0.600. The molecule has 0 saturated carbocycles. The highest BCUT2D eigenvalue weighted by molar-refractivity contribution is 5.65. The third kappa shape index (κ3) is 2.78. The lowest BCUT2D eigenvalue weighted by Gasteiger charge is -2.37. The zero-order valence-corrected chi connectivity index (χ0v) is 11.6. The first-order valence-electron chi connectivity index (χ1n) is 7.18. The fourth-order valence-corrected chi connectivity index (χ4v) is 3.04. The average Bonchev–Trinajstić information content (AvgIpc) is 2.41. The van der Waals surface area contributed by atoms with Gasteiger partial charge in [-0.1, -0.05) is 0 Å². The number of piperidine rings is 1. The second-order valence-corrected chi connectivity index (χ2v) is 5.77. The van der Waals surface area contributed by atoms with Gasteiger partial charge < -0.3 is 20.3 Å². The van der Waals surface area contributed by atoms with Crippen molar-refractivity contribution in [3.8, 4) is 5.75 Å². The number of anilines is 2. The average molecular weight is 261 g/mol. The van der Waals surface area contributed by atoms with E-state index in [0.717, 1.165) is 37.1 Å². The molecule has 2 N–H and O–H groups in total. The highest BCUT2D eigenvalue weighted by Crippen LogP contribution is 2.34. The summed E-state index contributed by atoms with van der Waals surface area (Å²) in [5, 5.41) is 0. The predicted molar refractivity (Wildman–Crippen MR) is 78.8 cm³/mol. The molecule has 0 atom stereocenters. The lowest BCUT2D eigenvalue weighted by Crippen LogP contribution is -2.40. The van der Waals surface area contributed by atoms with Gasteiger partial charge in [0.25, 0.3) is 0 Å². The van der Waals surface area contributed by atoms with E-state index in [1.807, 2.05) is 12.1 Å². The Morgan fingerprint density at radius 2 is 2.05 bits per heavy atom. The fourth-order valence-electron chi connectivity index (χ4n) is 3.04. The minimum atomic E-state index is 0.767. The van der Waals surface area contributed by atoms with E-state index in [9.17, 15) is 0 Å². The molecule has 2 aliphatic heterocycles. The number of benzene rings is 1. The van der Waals surface area contributed by atoms with Crippen molar-refractivity contribution in [1.29, 1.82) is 0 Å². The van der Waals surface area contributed by atoms with E-state index in [2.05, 4.69) is 22.9 Å². The normalized spacial score (nSPS) is 21.0. The zero-order chi connectivity index (χ0) is 13.2. The van der Waals surface area contributed by atoms with E-state index in [1.165, 1.54) is 31.6 Å². The Bertz CT molecular complexity index is 441. The molecule has 0 aliphatic carbocycles. The maximum Gasteiger partial charge on any atom is 0.144 e. The van der Waals surface area contributed by atoms with Crippen molar-refractivity contribution in [3.63, 3.8) is 0 Å². The van der Waals surface area contributed by atoms with Crippen LogP contribution in [0, 0.1) is 5.92 Å². The number of nitrogens with zero attached hydrogens (tertiary/aromatic N) is 2. The van der Waals surface area contributed by atoms with Crippen LogP contribution in [0.5, 0.6) is 5.75 Å². The largest absolute Gasteiger partial charge is 0.489 e. The van der Waals surface area contributed by atoms with E-state index in [1.54, 1.807) is 0 Å². The van der Waals surface area contributed by atoms with Gasteiger partial charge in [0.05, 0.1) is 12.2 Å². The van der Waals surface area contributed by atoms with E-state index < -0.39 is 0 Å². The van der Waals surface area contributed by atoms with Gasteiger partial charge in [-0.15, -0.1) is 0 Å². The van der Waals surface area contributed by atoms with Crippen molar-refractivity contribution in [2.24, 2.45) is 5.92 Å². The second-order valence-electron chi connectivity index (χ2n) is 5.77. The second kappa shape index (κ2) is 5.29. The first-order chi connectivity index (χ1) is 9.22. The van der Waals surface area contributed by atoms with Gasteiger partial charge in [0.2, 0.25) is 0 Å². The highest BCUT2D eigenvalue weighted by Gasteiger charge is 2.23. The number of nitrogens with two attached hydrogens (primary N) is 1. The Hall–Kier alpha value is -1.42. The van der Waals surface area contributed by atoms with Crippen molar-refractivity contribution in [2.75, 3.05) is 50.5 Å². The van der Waals surface area contributed by atoms with Crippen molar-refractivity contribution in [1.82, 2.24) is 4.90 Å².